The van der Waals surface area contributed by atoms with Gasteiger partial charge >= 0.3 is 6.18 Å². The molecule has 11 heteroatoms. The Kier molecular flexibility index (Phi) is 5.45. The molecule has 0 aliphatic carbocycles. The van der Waals surface area contributed by atoms with Gasteiger partial charge in [0.15, 0.2) is 5.76 Å². The summed E-state index contributed by atoms with van der Waals surface area (Å²) in [4.78, 5) is 15.2. The molecular weight excluding hydrogens is 447 g/mol. The van der Waals surface area contributed by atoms with E-state index in [1.54, 1.807) is 12.1 Å². The predicted molar refractivity (Wildman–Crippen MR) is 96.8 cm³/mol. The molecule has 1 aromatic carbocycles. The van der Waals surface area contributed by atoms with Gasteiger partial charge in [-0.15, -0.1) is 0 Å². The Morgan fingerprint density at radius 1 is 1.36 bits per heavy atom. The number of rotatable bonds is 5. The quantitative estimate of drug-likeness (QED) is 0.366. The molecule has 28 heavy (non-hydrogen) atoms. The molecule has 1 atom stereocenters. The highest BCUT2D eigenvalue weighted by atomic mass is 79.9. The van der Waals surface area contributed by atoms with E-state index in [-0.39, 0.29) is 29.3 Å². The van der Waals surface area contributed by atoms with E-state index in [1.165, 1.54) is 31.5 Å². The number of hydrogen-bond donors (Lipinski definition) is 0. The minimum Gasteiger partial charge on any atom is -0.484 e. The monoisotopic (exact) mass is 459 g/mol. The van der Waals surface area contributed by atoms with Crippen LogP contribution >= 0.6 is 15.9 Å². The van der Waals surface area contributed by atoms with Gasteiger partial charge in [0, 0.05) is 23.5 Å². The van der Waals surface area contributed by atoms with Crippen molar-refractivity contribution in [3.63, 3.8) is 0 Å². The fourth-order valence-electron chi connectivity index (χ4n) is 2.57. The summed E-state index contributed by atoms with van der Waals surface area (Å²) in [7, 11) is 0. The SMILES string of the molecule is Cc1cc(N2C=C(COc3ccc(Br)nc3)OC2C(F)(F)F)ccc1[N+](=O)[O-]. The molecule has 0 saturated heterocycles. The summed E-state index contributed by atoms with van der Waals surface area (Å²) >= 11 is 3.17. The Morgan fingerprint density at radius 2 is 2.11 bits per heavy atom. The number of halogens is 4. The maximum absolute atomic E-state index is 13.4. The first kappa shape index (κ1) is 19.9. The average molecular weight is 460 g/mol. The normalized spacial score (nSPS) is 16.5. The fourth-order valence-corrected chi connectivity index (χ4v) is 2.80. The molecule has 148 valence electrons. The summed E-state index contributed by atoms with van der Waals surface area (Å²) in [6.07, 6.45) is -4.36. The second kappa shape index (κ2) is 7.66. The number of nitro benzene ring substituents is 1. The Bertz CT molecular complexity index is 919. The zero-order chi connectivity index (χ0) is 20.5. The molecule has 1 aliphatic rings. The van der Waals surface area contributed by atoms with E-state index in [9.17, 15) is 23.3 Å². The van der Waals surface area contributed by atoms with Crippen molar-refractivity contribution in [2.45, 2.75) is 19.3 Å². The minimum absolute atomic E-state index is 0.0405. The number of nitro groups is 1. The van der Waals surface area contributed by atoms with Crippen molar-refractivity contribution in [2.24, 2.45) is 0 Å². The van der Waals surface area contributed by atoms with Crippen LogP contribution in [0.2, 0.25) is 0 Å². The lowest BCUT2D eigenvalue weighted by atomic mass is 10.1. The van der Waals surface area contributed by atoms with E-state index in [2.05, 4.69) is 20.9 Å². The maximum Gasteiger partial charge on any atom is 0.445 e. The number of alkyl halides is 3. The smallest absolute Gasteiger partial charge is 0.445 e. The summed E-state index contributed by atoms with van der Waals surface area (Å²) < 4.78 is 51.3. The molecule has 0 N–H and O–H groups in total. The van der Waals surface area contributed by atoms with Crippen molar-refractivity contribution in [2.75, 3.05) is 11.5 Å². The first-order chi connectivity index (χ1) is 13.1. The van der Waals surface area contributed by atoms with Crippen LogP contribution < -0.4 is 9.64 Å². The van der Waals surface area contributed by atoms with E-state index < -0.39 is 17.3 Å². The van der Waals surface area contributed by atoms with Crippen LogP contribution in [0.3, 0.4) is 0 Å². The average Bonchev–Trinajstić information content (AvgIpc) is 3.05. The third kappa shape index (κ3) is 4.35. The Balaban J connectivity index is 1.83. The molecule has 1 aliphatic heterocycles. The lowest BCUT2D eigenvalue weighted by Crippen LogP contribution is -2.41. The Morgan fingerprint density at radius 3 is 2.68 bits per heavy atom. The minimum atomic E-state index is -4.69. The predicted octanol–water partition coefficient (Wildman–Crippen LogP) is 4.71. The third-order valence-electron chi connectivity index (χ3n) is 3.84. The molecule has 0 fully saturated rings. The van der Waals surface area contributed by atoms with Gasteiger partial charge in [0.1, 0.15) is 17.0 Å². The summed E-state index contributed by atoms with van der Waals surface area (Å²) in [5.74, 6) is 0.321. The van der Waals surface area contributed by atoms with Crippen LogP contribution in [0.15, 0.2) is 53.1 Å². The standard InChI is InChI=1S/C17H13BrF3N3O4/c1-10-6-11(2-4-14(10)24(25)26)23-8-13(28-16(23)17(19,20)21)9-27-12-3-5-15(18)22-7-12/h2-8,16H,9H2,1H3. The highest BCUT2D eigenvalue weighted by Crippen LogP contribution is 2.37. The molecule has 0 amide bonds. The van der Waals surface area contributed by atoms with Crippen LogP contribution in [0, 0.1) is 17.0 Å². The Labute approximate surface area is 165 Å². The number of ether oxygens (including phenoxy) is 2. The van der Waals surface area contributed by atoms with Crippen LogP contribution in [-0.4, -0.2) is 28.9 Å². The van der Waals surface area contributed by atoms with Gasteiger partial charge in [0.2, 0.25) is 0 Å². The fraction of sp³-hybridized carbons (Fsp3) is 0.235. The van der Waals surface area contributed by atoms with Gasteiger partial charge in [0.05, 0.1) is 11.1 Å². The maximum atomic E-state index is 13.4. The third-order valence-corrected chi connectivity index (χ3v) is 4.30. The molecular formula is C17H13BrF3N3O4. The number of pyridine rings is 1. The summed E-state index contributed by atoms with van der Waals surface area (Å²) in [6, 6.07) is 6.94. The summed E-state index contributed by atoms with van der Waals surface area (Å²) in [5.41, 5.74) is 0.177. The van der Waals surface area contributed by atoms with Crippen molar-refractivity contribution in [3.8, 4) is 5.75 Å². The van der Waals surface area contributed by atoms with Gasteiger partial charge < -0.3 is 14.4 Å². The molecule has 0 spiro atoms. The van der Waals surface area contributed by atoms with Crippen molar-refractivity contribution < 1.29 is 27.6 Å². The number of nitrogens with zero attached hydrogens (tertiary/aromatic N) is 3. The molecule has 1 aromatic heterocycles. The largest absolute Gasteiger partial charge is 0.484 e. The Hall–Kier alpha value is -2.82. The molecule has 7 nitrogen and oxygen atoms in total. The topological polar surface area (TPSA) is 77.7 Å². The van der Waals surface area contributed by atoms with Gasteiger partial charge in [0.25, 0.3) is 11.9 Å². The van der Waals surface area contributed by atoms with Crippen LogP contribution in [0.5, 0.6) is 5.75 Å². The zero-order valence-electron chi connectivity index (χ0n) is 14.3. The molecule has 2 aromatic rings. The van der Waals surface area contributed by atoms with Gasteiger partial charge in [-0.25, -0.2) is 4.98 Å². The molecule has 0 saturated carbocycles. The van der Waals surface area contributed by atoms with Gasteiger partial charge in [-0.2, -0.15) is 13.2 Å². The van der Waals surface area contributed by atoms with E-state index in [0.29, 0.717) is 10.4 Å². The van der Waals surface area contributed by atoms with E-state index >= 15 is 0 Å². The molecule has 0 bridgehead atoms. The van der Waals surface area contributed by atoms with Crippen molar-refractivity contribution in [3.05, 3.63) is 68.8 Å². The lowest BCUT2D eigenvalue weighted by molar-refractivity contribution is -0.385. The first-order valence-corrected chi connectivity index (χ1v) is 8.66. The summed E-state index contributed by atoms with van der Waals surface area (Å²) in [6.45, 7) is 1.22. The highest BCUT2D eigenvalue weighted by Gasteiger charge is 2.49. The van der Waals surface area contributed by atoms with Gasteiger partial charge in [-0.05, 0) is 47.1 Å². The highest BCUT2D eigenvalue weighted by molar-refractivity contribution is 9.10. The number of hydrogen-bond acceptors (Lipinski definition) is 6. The van der Waals surface area contributed by atoms with Crippen LogP contribution in [0.25, 0.3) is 0 Å². The van der Waals surface area contributed by atoms with Gasteiger partial charge in [-0.3, -0.25) is 10.1 Å². The van der Waals surface area contributed by atoms with Crippen molar-refractivity contribution >= 4 is 27.3 Å². The number of benzene rings is 1. The number of anilines is 1. The number of aromatic nitrogens is 1. The van der Waals surface area contributed by atoms with Crippen molar-refractivity contribution in [1.82, 2.24) is 4.98 Å². The molecule has 3 rings (SSSR count). The summed E-state index contributed by atoms with van der Waals surface area (Å²) in [5, 5.41) is 10.9. The lowest BCUT2D eigenvalue weighted by Gasteiger charge is -2.26. The number of aryl methyl sites for hydroxylation is 1. The zero-order valence-corrected chi connectivity index (χ0v) is 15.9. The van der Waals surface area contributed by atoms with Crippen molar-refractivity contribution in [1.29, 1.82) is 0 Å². The van der Waals surface area contributed by atoms with E-state index in [1.807, 2.05) is 0 Å². The van der Waals surface area contributed by atoms with Crippen LogP contribution in [0.1, 0.15) is 5.56 Å². The molecule has 1 unspecified atom stereocenters. The molecule has 2 heterocycles. The van der Waals surface area contributed by atoms with Gasteiger partial charge in [-0.1, -0.05) is 0 Å². The molecule has 0 radical (unpaired) electrons. The first-order valence-electron chi connectivity index (χ1n) is 7.87. The second-order valence-electron chi connectivity index (χ2n) is 5.85. The van der Waals surface area contributed by atoms with Crippen LogP contribution in [0.4, 0.5) is 24.5 Å². The van der Waals surface area contributed by atoms with Crippen LogP contribution in [-0.2, 0) is 4.74 Å². The van der Waals surface area contributed by atoms with E-state index in [4.69, 9.17) is 9.47 Å². The second-order valence-corrected chi connectivity index (χ2v) is 6.66. The van der Waals surface area contributed by atoms with E-state index in [0.717, 1.165) is 11.0 Å².